The maximum absolute atomic E-state index is 13.5. The number of para-hydroxylation sites is 1. The highest BCUT2D eigenvalue weighted by Crippen LogP contribution is 2.19. The number of aromatic amines is 2. The number of carbonyl (C=O) groups is 4. The molecule has 1 aromatic carbocycles. The summed E-state index contributed by atoms with van der Waals surface area (Å²) in [5.74, 6) is -1.75. The molecule has 0 aliphatic rings. The molecule has 2 heterocycles. The normalized spacial score (nSPS) is 14.1. The van der Waals surface area contributed by atoms with Gasteiger partial charge in [-0.25, -0.2) is 9.78 Å². The number of benzene rings is 1. The summed E-state index contributed by atoms with van der Waals surface area (Å²) in [6, 6.07) is 3.62. The van der Waals surface area contributed by atoms with Gasteiger partial charge in [0.05, 0.1) is 12.4 Å². The third-order valence-electron chi connectivity index (χ3n) is 6.53. The number of aromatic nitrogens is 3. The molecule has 3 aromatic rings. The first-order valence-corrected chi connectivity index (χ1v) is 15.9. The number of H-pyrrole nitrogens is 2. The SMILES string of the molecule is CSCCC(NC(=O)C(CCSC)NC(=O)C(Cc1cnc[nH]1)NC(=O)C(N)Cc1c[nH]c2ccccc12)C(=O)O. The van der Waals surface area contributed by atoms with E-state index < -0.39 is 47.9 Å². The van der Waals surface area contributed by atoms with Gasteiger partial charge in [-0.15, -0.1) is 0 Å². The molecule has 3 rings (SSSR count). The van der Waals surface area contributed by atoms with Crippen LogP contribution >= 0.6 is 23.5 Å². The summed E-state index contributed by atoms with van der Waals surface area (Å²) in [6.07, 6.45) is 9.39. The molecule has 8 N–H and O–H groups in total. The number of hydrogen-bond acceptors (Lipinski definition) is 8. The van der Waals surface area contributed by atoms with Gasteiger partial charge >= 0.3 is 5.97 Å². The number of nitrogens with zero attached hydrogens (tertiary/aromatic N) is 1. The Labute approximate surface area is 246 Å². The average molecular weight is 604 g/mol. The summed E-state index contributed by atoms with van der Waals surface area (Å²) in [4.78, 5) is 61.5. The van der Waals surface area contributed by atoms with Crippen LogP contribution in [0.15, 0.2) is 43.0 Å². The maximum atomic E-state index is 13.5. The molecule has 41 heavy (non-hydrogen) atoms. The zero-order valence-corrected chi connectivity index (χ0v) is 24.6. The Bertz CT molecular complexity index is 1300. The number of amides is 3. The van der Waals surface area contributed by atoms with Crippen LogP contribution in [0.25, 0.3) is 10.9 Å². The van der Waals surface area contributed by atoms with Crippen molar-refractivity contribution in [2.45, 2.75) is 49.9 Å². The summed E-state index contributed by atoms with van der Waals surface area (Å²) < 4.78 is 0. The minimum Gasteiger partial charge on any atom is -0.480 e. The van der Waals surface area contributed by atoms with Crippen LogP contribution in [-0.2, 0) is 32.0 Å². The molecule has 2 aromatic heterocycles. The number of imidazole rings is 1. The molecule has 4 atom stereocenters. The molecule has 0 saturated heterocycles. The quantitative estimate of drug-likeness (QED) is 0.118. The molecule has 222 valence electrons. The van der Waals surface area contributed by atoms with Crippen molar-refractivity contribution in [2.75, 3.05) is 24.0 Å². The molecule has 12 nitrogen and oxygen atoms in total. The van der Waals surface area contributed by atoms with Crippen LogP contribution in [0.1, 0.15) is 24.1 Å². The van der Waals surface area contributed by atoms with Gasteiger partial charge in [0.2, 0.25) is 17.7 Å². The van der Waals surface area contributed by atoms with E-state index in [9.17, 15) is 24.3 Å². The number of rotatable bonds is 17. The van der Waals surface area contributed by atoms with Crippen LogP contribution in [-0.4, -0.2) is 91.9 Å². The maximum Gasteiger partial charge on any atom is 0.326 e. The topological polar surface area (TPSA) is 195 Å². The molecule has 4 unspecified atom stereocenters. The van der Waals surface area contributed by atoms with Crippen LogP contribution in [0.3, 0.4) is 0 Å². The molecule has 0 aliphatic carbocycles. The van der Waals surface area contributed by atoms with Crippen molar-refractivity contribution in [1.82, 2.24) is 30.9 Å². The van der Waals surface area contributed by atoms with Crippen LogP contribution in [0.5, 0.6) is 0 Å². The van der Waals surface area contributed by atoms with Gasteiger partial charge in [0.25, 0.3) is 0 Å². The first-order valence-electron chi connectivity index (χ1n) is 13.1. The lowest BCUT2D eigenvalue weighted by molar-refractivity contribution is -0.142. The summed E-state index contributed by atoms with van der Waals surface area (Å²) in [7, 11) is 0. The fourth-order valence-corrected chi connectivity index (χ4v) is 5.22. The second kappa shape index (κ2) is 16.1. The molecular weight excluding hydrogens is 566 g/mol. The van der Waals surface area contributed by atoms with Crippen molar-refractivity contribution in [2.24, 2.45) is 5.73 Å². The predicted octanol–water partition coefficient (Wildman–Crippen LogP) is 1.05. The summed E-state index contributed by atoms with van der Waals surface area (Å²) in [5.41, 5.74) is 8.66. The van der Waals surface area contributed by atoms with E-state index in [0.717, 1.165) is 16.5 Å². The first-order chi connectivity index (χ1) is 19.7. The van der Waals surface area contributed by atoms with Crippen LogP contribution in [0.2, 0.25) is 0 Å². The van der Waals surface area contributed by atoms with Crippen LogP contribution in [0, 0.1) is 0 Å². The fourth-order valence-electron chi connectivity index (χ4n) is 4.28. The van der Waals surface area contributed by atoms with Crippen molar-refractivity contribution < 1.29 is 24.3 Å². The largest absolute Gasteiger partial charge is 0.480 e. The Balaban J connectivity index is 1.72. The lowest BCUT2D eigenvalue weighted by atomic mass is 10.0. The lowest BCUT2D eigenvalue weighted by Crippen LogP contribution is -2.58. The van der Waals surface area contributed by atoms with E-state index in [1.807, 2.05) is 43.0 Å². The summed E-state index contributed by atoms with van der Waals surface area (Å²) in [5, 5.41) is 18.5. The lowest BCUT2D eigenvalue weighted by Gasteiger charge is -2.25. The highest BCUT2D eigenvalue weighted by atomic mass is 32.2. The summed E-state index contributed by atoms with van der Waals surface area (Å²) >= 11 is 2.96. The van der Waals surface area contributed by atoms with Gasteiger partial charge in [-0.2, -0.15) is 23.5 Å². The van der Waals surface area contributed by atoms with Crippen LogP contribution < -0.4 is 21.7 Å². The van der Waals surface area contributed by atoms with E-state index in [1.165, 1.54) is 29.9 Å². The number of carboxylic acids is 1. The number of nitrogens with two attached hydrogens (primary N) is 1. The molecule has 0 aliphatic heterocycles. The van der Waals surface area contributed by atoms with Crippen molar-refractivity contribution in [3.63, 3.8) is 0 Å². The van der Waals surface area contributed by atoms with Gasteiger partial charge in [-0.1, -0.05) is 18.2 Å². The predicted molar refractivity (Wildman–Crippen MR) is 162 cm³/mol. The molecule has 0 bridgehead atoms. The second-order valence-electron chi connectivity index (χ2n) is 9.54. The van der Waals surface area contributed by atoms with Gasteiger partial charge < -0.3 is 36.8 Å². The molecule has 0 radical (unpaired) electrons. The third-order valence-corrected chi connectivity index (χ3v) is 7.82. The molecule has 14 heteroatoms. The van der Waals surface area contributed by atoms with E-state index in [2.05, 4.69) is 30.9 Å². The Morgan fingerprint density at radius 3 is 2.20 bits per heavy atom. The Kier molecular flexibility index (Phi) is 12.6. The molecular formula is C27H37N7O5S2. The zero-order chi connectivity index (χ0) is 29.8. The molecule has 3 amide bonds. The van der Waals surface area contributed by atoms with Crippen molar-refractivity contribution >= 4 is 58.1 Å². The number of carboxylic acid groups (broad SMARTS) is 1. The van der Waals surface area contributed by atoms with E-state index in [4.69, 9.17) is 5.73 Å². The van der Waals surface area contributed by atoms with Crippen molar-refractivity contribution in [1.29, 1.82) is 0 Å². The van der Waals surface area contributed by atoms with E-state index in [1.54, 1.807) is 6.20 Å². The van der Waals surface area contributed by atoms with Crippen molar-refractivity contribution in [3.8, 4) is 0 Å². The number of fused-ring (bicyclic) bond motifs is 1. The third kappa shape index (κ3) is 9.54. The van der Waals surface area contributed by atoms with E-state index in [-0.39, 0.29) is 25.7 Å². The monoisotopic (exact) mass is 603 g/mol. The van der Waals surface area contributed by atoms with Crippen molar-refractivity contribution in [3.05, 3.63) is 54.2 Å². The molecule has 0 spiro atoms. The molecule has 0 fully saturated rings. The average Bonchev–Trinajstić information content (AvgIpc) is 3.62. The zero-order valence-electron chi connectivity index (χ0n) is 23.0. The van der Waals surface area contributed by atoms with Gasteiger partial charge in [0.1, 0.15) is 18.1 Å². The highest BCUT2D eigenvalue weighted by molar-refractivity contribution is 7.98. The Morgan fingerprint density at radius 1 is 0.902 bits per heavy atom. The second-order valence-corrected chi connectivity index (χ2v) is 11.5. The molecule has 0 saturated carbocycles. The Hall–Kier alpha value is -3.49. The van der Waals surface area contributed by atoms with Gasteiger partial charge in [0, 0.05) is 35.4 Å². The fraction of sp³-hybridized carbons (Fsp3) is 0.444. The minimum absolute atomic E-state index is 0.0831. The number of nitrogens with one attached hydrogen (secondary N) is 5. The number of hydrogen-bond donors (Lipinski definition) is 7. The number of aliphatic carboxylic acids is 1. The van der Waals surface area contributed by atoms with Gasteiger partial charge in [-0.05, 0) is 54.9 Å². The number of carbonyl (C=O) groups excluding carboxylic acids is 3. The standard InChI is InChI=1S/C27H37N7O5S2/c1-40-9-7-21(25(36)33-22(27(38)39)8-10-41-2)32-26(37)23(12-17-14-29-15-31-17)34-24(35)19(28)11-16-13-30-20-6-4-3-5-18(16)20/h3-6,13-15,19,21-23,30H,7-12,28H2,1-2H3,(H,29,31)(H,32,37)(H,33,36)(H,34,35)(H,38,39). The van der Waals surface area contributed by atoms with Gasteiger partial charge in [-0.3, -0.25) is 14.4 Å². The smallest absolute Gasteiger partial charge is 0.326 e. The van der Waals surface area contributed by atoms with Crippen LogP contribution in [0.4, 0.5) is 0 Å². The number of thioether (sulfide) groups is 2. The van der Waals surface area contributed by atoms with E-state index in [0.29, 0.717) is 17.2 Å². The minimum atomic E-state index is -1.14. The highest BCUT2D eigenvalue weighted by Gasteiger charge is 2.30. The van der Waals surface area contributed by atoms with E-state index >= 15 is 0 Å². The Morgan fingerprint density at radius 2 is 1.54 bits per heavy atom. The first kappa shape index (κ1) is 32.0. The summed E-state index contributed by atoms with van der Waals surface area (Å²) in [6.45, 7) is 0. The van der Waals surface area contributed by atoms with Gasteiger partial charge in [0.15, 0.2) is 0 Å².